The predicted molar refractivity (Wildman–Crippen MR) is 69.0 cm³/mol. The zero-order valence-electron chi connectivity index (χ0n) is 11.0. The van der Waals surface area contributed by atoms with E-state index < -0.39 is 28.9 Å². The van der Waals surface area contributed by atoms with Crippen molar-refractivity contribution in [2.75, 3.05) is 11.9 Å². The van der Waals surface area contributed by atoms with Crippen LogP contribution >= 0.6 is 11.6 Å². The highest BCUT2D eigenvalue weighted by Crippen LogP contribution is 2.20. The van der Waals surface area contributed by atoms with Gasteiger partial charge in [-0.15, -0.1) is 0 Å². The Morgan fingerprint density at radius 3 is 2.60 bits per heavy atom. The molecule has 1 atom stereocenters. The van der Waals surface area contributed by atoms with E-state index in [4.69, 9.17) is 11.6 Å². The SMILES string of the molecule is CCC(C)(O)CNc1cnn(CC(F)(F)F)c(=O)c1Cl. The summed E-state index contributed by atoms with van der Waals surface area (Å²) in [5, 5.41) is 15.5. The van der Waals surface area contributed by atoms with E-state index in [1.54, 1.807) is 13.8 Å². The smallest absolute Gasteiger partial charge is 0.388 e. The first-order chi connectivity index (χ1) is 9.06. The number of aromatic nitrogens is 2. The second-order valence-electron chi connectivity index (χ2n) is 4.65. The quantitative estimate of drug-likeness (QED) is 0.873. The average molecular weight is 314 g/mol. The van der Waals surface area contributed by atoms with Crippen LogP contribution in [0.4, 0.5) is 18.9 Å². The summed E-state index contributed by atoms with van der Waals surface area (Å²) in [6, 6.07) is 0. The van der Waals surface area contributed by atoms with Crippen molar-refractivity contribution in [2.45, 2.75) is 38.6 Å². The molecule has 0 saturated carbocycles. The molecular weight excluding hydrogens is 299 g/mol. The lowest BCUT2D eigenvalue weighted by atomic mass is 10.0. The largest absolute Gasteiger partial charge is 0.408 e. The summed E-state index contributed by atoms with van der Waals surface area (Å²) < 4.78 is 36.9. The van der Waals surface area contributed by atoms with Crippen molar-refractivity contribution in [1.82, 2.24) is 9.78 Å². The molecule has 0 aliphatic heterocycles. The Morgan fingerprint density at radius 2 is 2.10 bits per heavy atom. The van der Waals surface area contributed by atoms with E-state index in [9.17, 15) is 23.1 Å². The predicted octanol–water partition coefficient (Wildman–Crippen LogP) is 2.03. The maximum absolute atomic E-state index is 12.2. The van der Waals surface area contributed by atoms with Crippen LogP contribution in [0.2, 0.25) is 5.02 Å². The highest BCUT2D eigenvalue weighted by molar-refractivity contribution is 6.32. The molecule has 0 saturated heterocycles. The number of nitrogens with zero attached hydrogens (tertiary/aromatic N) is 2. The fourth-order valence-corrected chi connectivity index (χ4v) is 1.49. The van der Waals surface area contributed by atoms with E-state index in [2.05, 4.69) is 10.4 Å². The number of anilines is 1. The maximum atomic E-state index is 12.2. The minimum Gasteiger partial charge on any atom is -0.388 e. The van der Waals surface area contributed by atoms with Crippen molar-refractivity contribution in [1.29, 1.82) is 0 Å². The minimum atomic E-state index is -4.55. The van der Waals surface area contributed by atoms with Gasteiger partial charge in [-0.05, 0) is 13.3 Å². The number of hydrogen-bond donors (Lipinski definition) is 2. The molecule has 1 unspecified atom stereocenters. The van der Waals surface area contributed by atoms with Crippen LogP contribution in [-0.4, -0.2) is 33.2 Å². The Bertz CT molecular complexity index is 529. The number of hydrogen-bond acceptors (Lipinski definition) is 4. The van der Waals surface area contributed by atoms with Crippen LogP contribution < -0.4 is 10.9 Å². The van der Waals surface area contributed by atoms with Gasteiger partial charge >= 0.3 is 6.18 Å². The van der Waals surface area contributed by atoms with Crippen LogP contribution in [0.5, 0.6) is 0 Å². The highest BCUT2D eigenvalue weighted by atomic mass is 35.5. The van der Waals surface area contributed by atoms with E-state index in [-0.39, 0.29) is 16.9 Å². The molecule has 0 aromatic carbocycles. The molecule has 5 nitrogen and oxygen atoms in total. The van der Waals surface area contributed by atoms with Crippen LogP contribution in [-0.2, 0) is 6.54 Å². The Balaban J connectivity index is 2.93. The number of aliphatic hydroxyl groups is 1. The number of halogens is 4. The van der Waals surface area contributed by atoms with Gasteiger partial charge in [0.2, 0.25) is 0 Å². The highest BCUT2D eigenvalue weighted by Gasteiger charge is 2.30. The lowest BCUT2D eigenvalue weighted by Crippen LogP contribution is -2.34. The maximum Gasteiger partial charge on any atom is 0.408 e. The Hall–Kier alpha value is -1.28. The topological polar surface area (TPSA) is 67.2 Å². The molecule has 1 heterocycles. The molecular formula is C11H15ClF3N3O2. The second kappa shape index (κ2) is 6.01. The number of nitrogens with one attached hydrogen (secondary N) is 1. The summed E-state index contributed by atoms with van der Waals surface area (Å²) in [6.45, 7) is 1.93. The monoisotopic (exact) mass is 313 g/mol. The van der Waals surface area contributed by atoms with Gasteiger partial charge in [-0.25, -0.2) is 4.68 Å². The molecule has 0 aliphatic carbocycles. The van der Waals surface area contributed by atoms with Crippen LogP contribution in [0.15, 0.2) is 11.0 Å². The van der Waals surface area contributed by atoms with E-state index in [1.165, 1.54) is 0 Å². The fourth-order valence-electron chi connectivity index (χ4n) is 1.28. The van der Waals surface area contributed by atoms with Crippen molar-refractivity contribution in [2.24, 2.45) is 0 Å². The van der Waals surface area contributed by atoms with Crippen molar-refractivity contribution in [3.63, 3.8) is 0 Å². The molecule has 1 aromatic heterocycles. The molecule has 2 N–H and O–H groups in total. The van der Waals surface area contributed by atoms with Crippen molar-refractivity contribution < 1.29 is 18.3 Å². The average Bonchev–Trinajstić information content (AvgIpc) is 2.33. The molecule has 9 heteroatoms. The molecule has 0 fully saturated rings. The lowest BCUT2D eigenvalue weighted by molar-refractivity contribution is -0.143. The molecule has 0 spiro atoms. The third kappa shape index (κ3) is 4.68. The molecule has 20 heavy (non-hydrogen) atoms. The van der Waals surface area contributed by atoms with Crippen LogP contribution in [0.25, 0.3) is 0 Å². The first-order valence-electron chi connectivity index (χ1n) is 5.84. The van der Waals surface area contributed by atoms with Gasteiger partial charge in [-0.2, -0.15) is 18.3 Å². The summed E-state index contributed by atoms with van der Waals surface area (Å²) in [6.07, 6.45) is -3.07. The van der Waals surface area contributed by atoms with E-state index >= 15 is 0 Å². The molecule has 1 aromatic rings. The van der Waals surface area contributed by atoms with Gasteiger partial charge in [0, 0.05) is 6.54 Å². The molecule has 0 amide bonds. The third-order valence-corrected chi connectivity index (χ3v) is 3.10. The summed E-state index contributed by atoms with van der Waals surface area (Å²) in [5.74, 6) is 0. The summed E-state index contributed by atoms with van der Waals surface area (Å²) in [4.78, 5) is 11.6. The lowest BCUT2D eigenvalue weighted by Gasteiger charge is -2.22. The molecule has 1 rings (SSSR count). The normalized spacial score (nSPS) is 14.9. The molecule has 0 aliphatic rings. The number of alkyl halides is 3. The Labute approximate surface area is 118 Å². The van der Waals surface area contributed by atoms with Gasteiger partial charge in [-0.1, -0.05) is 18.5 Å². The van der Waals surface area contributed by atoms with Crippen LogP contribution in [0.3, 0.4) is 0 Å². The van der Waals surface area contributed by atoms with Gasteiger partial charge in [-0.3, -0.25) is 4.79 Å². The van der Waals surface area contributed by atoms with Gasteiger partial charge in [0.25, 0.3) is 5.56 Å². The zero-order valence-corrected chi connectivity index (χ0v) is 11.7. The molecule has 0 radical (unpaired) electrons. The van der Waals surface area contributed by atoms with Crippen molar-refractivity contribution >= 4 is 17.3 Å². The van der Waals surface area contributed by atoms with Gasteiger partial charge in [0.05, 0.1) is 17.5 Å². The second-order valence-corrected chi connectivity index (χ2v) is 5.03. The van der Waals surface area contributed by atoms with Crippen molar-refractivity contribution in [3.05, 3.63) is 21.6 Å². The molecule has 114 valence electrons. The Morgan fingerprint density at radius 1 is 1.50 bits per heavy atom. The van der Waals surface area contributed by atoms with Crippen LogP contribution in [0.1, 0.15) is 20.3 Å². The fraction of sp³-hybridized carbons (Fsp3) is 0.636. The molecule has 0 bridgehead atoms. The summed E-state index contributed by atoms with van der Waals surface area (Å²) in [5.41, 5.74) is -1.97. The van der Waals surface area contributed by atoms with E-state index in [0.29, 0.717) is 6.42 Å². The van der Waals surface area contributed by atoms with Gasteiger partial charge < -0.3 is 10.4 Å². The van der Waals surface area contributed by atoms with Crippen LogP contribution in [0, 0.1) is 0 Å². The van der Waals surface area contributed by atoms with Crippen molar-refractivity contribution in [3.8, 4) is 0 Å². The standard InChI is InChI=1S/C11H15ClF3N3O2/c1-3-10(2,20)5-16-7-4-17-18(6-11(13,14)15)9(19)8(7)12/h4,16,20H,3,5-6H2,1-2H3. The Kier molecular flexibility index (Phi) is 5.04. The summed E-state index contributed by atoms with van der Waals surface area (Å²) in [7, 11) is 0. The van der Waals surface area contributed by atoms with Gasteiger partial charge in [0.15, 0.2) is 0 Å². The first kappa shape index (κ1) is 16.8. The third-order valence-electron chi connectivity index (χ3n) is 2.74. The first-order valence-corrected chi connectivity index (χ1v) is 6.22. The summed E-state index contributed by atoms with van der Waals surface area (Å²) >= 11 is 5.71. The van der Waals surface area contributed by atoms with Gasteiger partial charge in [0.1, 0.15) is 11.6 Å². The minimum absolute atomic E-state index is 0.0869. The number of rotatable bonds is 5. The van der Waals surface area contributed by atoms with E-state index in [1.807, 2.05) is 0 Å². The van der Waals surface area contributed by atoms with E-state index in [0.717, 1.165) is 6.20 Å². The zero-order chi connectivity index (χ0) is 15.6.